The van der Waals surface area contributed by atoms with Gasteiger partial charge in [-0.2, -0.15) is 5.10 Å². The number of fused-ring (bicyclic) bond motifs is 1. The zero-order valence-corrected chi connectivity index (χ0v) is 13.5. The van der Waals surface area contributed by atoms with Gasteiger partial charge in [0, 0.05) is 41.4 Å². The monoisotopic (exact) mass is 332 g/mol. The number of hydrogen-bond donors (Lipinski definition) is 2. The molecule has 0 atom stereocenters. The zero-order valence-electron chi connectivity index (χ0n) is 12.7. The van der Waals surface area contributed by atoms with Gasteiger partial charge in [0.05, 0.1) is 6.54 Å². The molecule has 0 saturated carbocycles. The van der Waals surface area contributed by atoms with Gasteiger partial charge in [-0.1, -0.05) is 17.7 Å². The fourth-order valence-corrected chi connectivity index (χ4v) is 2.89. The number of nitrogens with zero attached hydrogens (tertiary/aromatic N) is 2. The topological polar surface area (TPSA) is 78.1 Å². The third-order valence-corrected chi connectivity index (χ3v) is 4.08. The van der Waals surface area contributed by atoms with Crippen molar-refractivity contribution in [1.29, 1.82) is 0 Å². The van der Waals surface area contributed by atoms with Crippen LogP contribution in [0.15, 0.2) is 24.3 Å². The van der Waals surface area contributed by atoms with Gasteiger partial charge >= 0.3 is 0 Å². The molecular formula is C16H17ClN4O2. The normalized spacial score (nSPS) is 13.6. The average molecular weight is 333 g/mol. The van der Waals surface area contributed by atoms with Gasteiger partial charge in [-0.3, -0.25) is 14.7 Å². The van der Waals surface area contributed by atoms with Crippen LogP contribution in [0.1, 0.15) is 39.0 Å². The Kier molecular flexibility index (Phi) is 4.34. The van der Waals surface area contributed by atoms with Crippen LogP contribution in [0.4, 0.5) is 0 Å². The van der Waals surface area contributed by atoms with Gasteiger partial charge in [0.1, 0.15) is 0 Å². The number of aromatic nitrogens is 2. The molecule has 1 aliphatic heterocycles. The summed E-state index contributed by atoms with van der Waals surface area (Å²) in [5.41, 5.74) is 2.62. The molecule has 0 fully saturated rings. The fraction of sp³-hybridized carbons (Fsp3) is 0.312. The van der Waals surface area contributed by atoms with Gasteiger partial charge in [0.15, 0.2) is 5.69 Å². The third-order valence-electron chi connectivity index (χ3n) is 3.84. The second-order valence-electron chi connectivity index (χ2n) is 5.38. The van der Waals surface area contributed by atoms with E-state index in [9.17, 15) is 9.59 Å². The Balaban J connectivity index is 1.83. The number of H-pyrrole nitrogens is 1. The lowest BCUT2D eigenvalue weighted by atomic mass is 10.0. The minimum Gasteiger partial charge on any atom is -0.351 e. The van der Waals surface area contributed by atoms with E-state index < -0.39 is 0 Å². The van der Waals surface area contributed by atoms with E-state index in [1.165, 1.54) is 0 Å². The second-order valence-corrected chi connectivity index (χ2v) is 5.81. The smallest absolute Gasteiger partial charge is 0.272 e. The highest BCUT2D eigenvalue weighted by Gasteiger charge is 2.28. The molecule has 0 bridgehead atoms. The summed E-state index contributed by atoms with van der Waals surface area (Å²) in [5.74, 6) is -0.316. The van der Waals surface area contributed by atoms with Crippen molar-refractivity contribution in [2.45, 2.75) is 19.9 Å². The molecule has 120 valence electrons. The zero-order chi connectivity index (χ0) is 16.4. The molecule has 2 amide bonds. The van der Waals surface area contributed by atoms with Crippen LogP contribution in [0.3, 0.4) is 0 Å². The van der Waals surface area contributed by atoms with Crippen molar-refractivity contribution in [3.05, 3.63) is 51.8 Å². The van der Waals surface area contributed by atoms with Gasteiger partial charge in [-0.05, 0) is 25.1 Å². The van der Waals surface area contributed by atoms with Crippen LogP contribution in [0.2, 0.25) is 5.02 Å². The minimum atomic E-state index is -0.220. The van der Waals surface area contributed by atoms with Crippen LogP contribution in [0.25, 0.3) is 0 Å². The van der Waals surface area contributed by atoms with Crippen LogP contribution < -0.4 is 5.32 Å². The minimum absolute atomic E-state index is 0.0961. The molecule has 0 aliphatic carbocycles. The van der Waals surface area contributed by atoms with E-state index in [2.05, 4.69) is 15.5 Å². The highest BCUT2D eigenvalue weighted by atomic mass is 35.5. The Morgan fingerprint density at radius 1 is 1.43 bits per heavy atom. The largest absolute Gasteiger partial charge is 0.351 e. The number of aromatic amines is 1. The summed E-state index contributed by atoms with van der Waals surface area (Å²) in [6, 6.07) is 6.88. The van der Waals surface area contributed by atoms with Gasteiger partial charge in [0.2, 0.25) is 0 Å². The molecule has 6 nitrogen and oxygen atoms in total. The van der Waals surface area contributed by atoms with E-state index in [4.69, 9.17) is 11.6 Å². The van der Waals surface area contributed by atoms with Crippen molar-refractivity contribution in [3.8, 4) is 0 Å². The molecule has 0 spiro atoms. The highest BCUT2D eigenvalue weighted by Crippen LogP contribution is 2.22. The molecule has 1 aromatic carbocycles. The lowest BCUT2D eigenvalue weighted by molar-refractivity contribution is 0.0731. The molecule has 0 radical (unpaired) electrons. The number of hydrogen-bond acceptors (Lipinski definition) is 3. The summed E-state index contributed by atoms with van der Waals surface area (Å²) in [4.78, 5) is 26.4. The van der Waals surface area contributed by atoms with Gasteiger partial charge in [-0.25, -0.2) is 0 Å². The first kappa shape index (κ1) is 15.6. The molecule has 7 heteroatoms. The summed E-state index contributed by atoms with van der Waals surface area (Å²) in [5, 5.41) is 10.3. The van der Waals surface area contributed by atoms with Crippen LogP contribution in [-0.4, -0.2) is 40.0 Å². The summed E-state index contributed by atoms with van der Waals surface area (Å²) in [7, 11) is 0. The fourth-order valence-electron chi connectivity index (χ4n) is 2.70. The maximum Gasteiger partial charge on any atom is 0.272 e. The van der Waals surface area contributed by atoms with Crippen LogP contribution >= 0.6 is 11.6 Å². The maximum absolute atomic E-state index is 12.6. The Morgan fingerprint density at radius 3 is 3.00 bits per heavy atom. The molecule has 2 heterocycles. The van der Waals surface area contributed by atoms with Gasteiger partial charge in [0.25, 0.3) is 11.8 Å². The highest BCUT2D eigenvalue weighted by molar-refractivity contribution is 6.30. The predicted octanol–water partition coefficient (Wildman–Crippen LogP) is 2.01. The second kappa shape index (κ2) is 6.42. The van der Waals surface area contributed by atoms with Crippen molar-refractivity contribution < 1.29 is 9.59 Å². The van der Waals surface area contributed by atoms with Gasteiger partial charge in [-0.15, -0.1) is 0 Å². The number of rotatable bonds is 3. The summed E-state index contributed by atoms with van der Waals surface area (Å²) < 4.78 is 0. The molecule has 2 N–H and O–H groups in total. The predicted molar refractivity (Wildman–Crippen MR) is 86.5 cm³/mol. The first-order valence-corrected chi connectivity index (χ1v) is 7.87. The average Bonchev–Trinajstić information content (AvgIpc) is 2.97. The van der Waals surface area contributed by atoms with E-state index in [0.29, 0.717) is 42.3 Å². The summed E-state index contributed by atoms with van der Waals surface area (Å²) in [6.07, 6.45) is 0.647. The summed E-state index contributed by atoms with van der Waals surface area (Å²) in [6.45, 7) is 3.33. The molecule has 3 rings (SSSR count). The Labute approximate surface area is 138 Å². The van der Waals surface area contributed by atoms with E-state index in [1.807, 2.05) is 6.92 Å². The molecule has 2 aromatic rings. The Morgan fingerprint density at radius 2 is 2.26 bits per heavy atom. The lowest BCUT2D eigenvalue weighted by Crippen LogP contribution is -2.36. The number of carbonyl (C=O) groups is 2. The first-order chi connectivity index (χ1) is 11.1. The van der Waals surface area contributed by atoms with Crippen LogP contribution in [0.5, 0.6) is 0 Å². The molecular weight excluding hydrogens is 316 g/mol. The van der Waals surface area contributed by atoms with Crippen LogP contribution in [-0.2, 0) is 13.0 Å². The lowest BCUT2D eigenvalue weighted by Gasteiger charge is -2.27. The molecule has 23 heavy (non-hydrogen) atoms. The van der Waals surface area contributed by atoms with Gasteiger partial charge < -0.3 is 10.2 Å². The van der Waals surface area contributed by atoms with E-state index >= 15 is 0 Å². The molecule has 1 aromatic heterocycles. The summed E-state index contributed by atoms with van der Waals surface area (Å²) >= 11 is 5.95. The SMILES string of the molecule is CCNC(=O)c1n[nH]c2c1CN(C(=O)c1cccc(Cl)c1)CC2. The van der Waals surface area contributed by atoms with Crippen molar-refractivity contribution in [3.63, 3.8) is 0 Å². The van der Waals surface area contributed by atoms with E-state index in [1.54, 1.807) is 29.2 Å². The molecule has 0 saturated heterocycles. The van der Waals surface area contributed by atoms with E-state index in [-0.39, 0.29) is 11.8 Å². The number of benzene rings is 1. The van der Waals surface area contributed by atoms with Crippen molar-refractivity contribution in [2.24, 2.45) is 0 Å². The van der Waals surface area contributed by atoms with Crippen molar-refractivity contribution in [1.82, 2.24) is 20.4 Å². The number of halogens is 1. The van der Waals surface area contributed by atoms with E-state index in [0.717, 1.165) is 11.3 Å². The maximum atomic E-state index is 12.6. The Bertz CT molecular complexity index is 756. The Hall–Kier alpha value is -2.34. The standard InChI is InChI=1S/C16H17ClN4O2/c1-2-18-15(22)14-12-9-21(7-6-13(12)19-20-14)16(23)10-4-3-5-11(17)8-10/h3-5,8H,2,6-7,9H2,1H3,(H,18,22)(H,19,20). The van der Waals surface area contributed by atoms with Crippen molar-refractivity contribution in [2.75, 3.05) is 13.1 Å². The first-order valence-electron chi connectivity index (χ1n) is 7.49. The van der Waals surface area contributed by atoms with Crippen LogP contribution in [0, 0.1) is 0 Å². The number of amides is 2. The number of nitrogens with one attached hydrogen (secondary N) is 2. The molecule has 0 unspecified atom stereocenters. The molecule has 1 aliphatic rings. The third kappa shape index (κ3) is 3.07. The number of carbonyl (C=O) groups excluding carboxylic acids is 2. The van der Waals surface area contributed by atoms with Crippen molar-refractivity contribution >= 4 is 23.4 Å². The quantitative estimate of drug-likeness (QED) is 0.902.